The first kappa shape index (κ1) is 11.6. The topological polar surface area (TPSA) is 75.3 Å². The van der Waals surface area contributed by atoms with Gasteiger partial charge >= 0.3 is 5.97 Å². The van der Waals surface area contributed by atoms with Crippen molar-refractivity contribution in [2.45, 2.75) is 13.3 Å². The van der Waals surface area contributed by atoms with Crippen LogP contribution < -0.4 is 0 Å². The van der Waals surface area contributed by atoms with Gasteiger partial charge in [0, 0.05) is 18.8 Å². The molecule has 0 radical (unpaired) electrons. The lowest BCUT2D eigenvalue weighted by Gasteiger charge is -2.15. The van der Waals surface area contributed by atoms with Gasteiger partial charge < -0.3 is 9.64 Å². The van der Waals surface area contributed by atoms with Crippen LogP contribution in [0.15, 0.2) is 6.20 Å². The Morgan fingerprint density at radius 1 is 1.59 bits per heavy atom. The van der Waals surface area contributed by atoms with Crippen LogP contribution in [0.5, 0.6) is 0 Å². The Hall–Kier alpha value is -1.85. The third kappa shape index (κ3) is 2.15. The average molecular weight is 237 g/mol. The van der Waals surface area contributed by atoms with E-state index in [0.717, 1.165) is 5.69 Å². The zero-order chi connectivity index (χ0) is 12.4. The number of nitrogens with one attached hydrogen (secondary N) is 1. The highest BCUT2D eigenvalue weighted by molar-refractivity contribution is 5.95. The fraction of sp³-hybridized carbons (Fsp3) is 0.545. The zero-order valence-electron chi connectivity index (χ0n) is 9.90. The molecule has 92 valence electrons. The molecule has 1 aromatic rings. The summed E-state index contributed by atoms with van der Waals surface area (Å²) < 4.78 is 4.68. The van der Waals surface area contributed by atoms with Gasteiger partial charge in [-0.1, -0.05) is 0 Å². The smallest absolute Gasteiger partial charge is 0.310 e. The molecule has 2 heterocycles. The number of hydrogen-bond acceptors (Lipinski definition) is 4. The number of carbonyl (C=O) groups excluding carboxylic acids is 2. The first-order valence-corrected chi connectivity index (χ1v) is 5.50. The van der Waals surface area contributed by atoms with Crippen LogP contribution in [0.25, 0.3) is 0 Å². The van der Waals surface area contributed by atoms with Gasteiger partial charge in [-0.25, -0.2) is 0 Å². The third-order valence-corrected chi connectivity index (χ3v) is 3.07. The summed E-state index contributed by atoms with van der Waals surface area (Å²) in [5.74, 6) is -0.525. The molecular formula is C11H15N3O3. The number of nitrogens with zero attached hydrogens (tertiary/aromatic N) is 2. The number of H-pyrrole nitrogens is 1. The maximum absolute atomic E-state index is 12.1. The number of aromatic nitrogens is 2. The molecule has 0 spiro atoms. The second-order valence-corrected chi connectivity index (χ2v) is 4.17. The van der Waals surface area contributed by atoms with Crippen LogP contribution in [0.1, 0.15) is 22.5 Å². The monoisotopic (exact) mass is 237 g/mol. The molecule has 0 bridgehead atoms. The van der Waals surface area contributed by atoms with E-state index in [4.69, 9.17) is 0 Å². The summed E-state index contributed by atoms with van der Waals surface area (Å²) in [6, 6.07) is 0. The fourth-order valence-electron chi connectivity index (χ4n) is 2.04. The molecule has 1 N–H and O–H groups in total. The minimum Gasteiger partial charge on any atom is -0.469 e. The molecule has 1 amide bonds. The Morgan fingerprint density at radius 3 is 2.94 bits per heavy atom. The largest absolute Gasteiger partial charge is 0.469 e. The Kier molecular flexibility index (Phi) is 3.12. The Balaban J connectivity index is 2.04. The standard InChI is InChI=1S/C11H15N3O3/c1-7-9(5-12-13-7)10(15)14-4-3-8(6-14)11(16)17-2/h5,8H,3-4,6H2,1-2H3,(H,12,13). The van der Waals surface area contributed by atoms with Crippen LogP contribution in [0.3, 0.4) is 0 Å². The Labute approximate surface area is 98.9 Å². The van der Waals surface area contributed by atoms with E-state index in [1.54, 1.807) is 11.8 Å². The molecule has 1 aliphatic heterocycles. The van der Waals surface area contributed by atoms with Gasteiger partial charge in [0.25, 0.3) is 5.91 Å². The van der Waals surface area contributed by atoms with Gasteiger partial charge in [-0.3, -0.25) is 14.7 Å². The molecule has 1 unspecified atom stereocenters. The predicted octanol–water partition coefficient (Wildman–Crippen LogP) is 0.353. The van der Waals surface area contributed by atoms with E-state index in [9.17, 15) is 9.59 Å². The molecule has 2 rings (SSSR count). The lowest BCUT2D eigenvalue weighted by Crippen LogP contribution is -2.30. The number of esters is 1. The SMILES string of the molecule is COC(=O)C1CCN(C(=O)c2cn[nH]c2C)C1. The van der Waals surface area contributed by atoms with Gasteiger partial charge in [0.15, 0.2) is 0 Å². The number of hydrogen-bond donors (Lipinski definition) is 1. The highest BCUT2D eigenvalue weighted by Crippen LogP contribution is 2.20. The second kappa shape index (κ2) is 4.57. The zero-order valence-corrected chi connectivity index (χ0v) is 9.90. The van der Waals surface area contributed by atoms with Crippen LogP contribution in [0.2, 0.25) is 0 Å². The van der Waals surface area contributed by atoms with E-state index in [2.05, 4.69) is 14.9 Å². The van der Waals surface area contributed by atoms with E-state index in [-0.39, 0.29) is 17.8 Å². The summed E-state index contributed by atoms with van der Waals surface area (Å²) in [7, 11) is 1.37. The van der Waals surface area contributed by atoms with Crippen LogP contribution in [-0.2, 0) is 9.53 Å². The molecule has 6 heteroatoms. The number of ether oxygens (including phenoxy) is 1. The summed E-state index contributed by atoms with van der Waals surface area (Å²) in [4.78, 5) is 25.1. The van der Waals surface area contributed by atoms with Crippen LogP contribution in [-0.4, -0.2) is 47.2 Å². The number of aryl methyl sites for hydroxylation is 1. The minimum atomic E-state index is -0.246. The lowest BCUT2D eigenvalue weighted by atomic mass is 10.1. The first-order valence-electron chi connectivity index (χ1n) is 5.50. The molecule has 1 atom stereocenters. The predicted molar refractivity (Wildman–Crippen MR) is 59.4 cm³/mol. The normalized spacial score (nSPS) is 19.4. The molecule has 0 saturated carbocycles. The van der Waals surface area contributed by atoms with Gasteiger partial charge in [-0.15, -0.1) is 0 Å². The Bertz CT molecular complexity index is 441. The molecule has 1 fully saturated rings. The summed E-state index contributed by atoms with van der Waals surface area (Å²) in [6.07, 6.45) is 2.18. The van der Waals surface area contributed by atoms with Gasteiger partial charge in [0.05, 0.1) is 24.8 Å². The molecule has 0 aromatic carbocycles. The lowest BCUT2D eigenvalue weighted by molar-refractivity contribution is -0.144. The van der Waals surface area contributed by atoms with Gasteiger partial charge in [-0.05, 0) is 13.3 Å². The summed E-state index contributed by atoms with van der Waals surface area (Å²) >= 11 is 0. The summed E-state index contributed by atoms with van der Waals surface area (Å²) in [5, 5.41) is 6.55. The van der Waals surface area contributed by atoms with Crippen LogP contribution >= 0.6 is 0 Å². The molecular weight excluding hydrogens is 222 g/mol. The molecule has 1 saturated heterocycles. The third-order valence-electron chi connectivity index (χ3n) is 3.07. The van der Waals surface area contributed by atoms with Crippen molar-refractivity contribution in [3.8, 4) is 0 Å². The number of likely N-dealkylation sites (tertiary alicyclic amines) is 1. The summed E-state index contributed by atoms with van der Waals surface area (Å²) in [6.45, 7) is 2.81. The summed E-state index contributed by atoms with van der Waals surface area (Å²) in [5.41, 5.74) is 1.31. The van der Waals surface area contributed by atoms with Crippen molar-refractivity contribution in [1.82, 2.24) is 15.1 Å². The molecule has 1 aliphatic rings. The fourth-order valence-corrected chi connectivity index (χ4v) is 2.04. The Morgan fingerprint density at radius 2 is 2.35 bits per heavy atom. The maximum atomic E-state index is 12.1. The number of carbonyl (C=O) groups is 2. The van der Waals surface area contributed by atoms with E-state index in [1.165, 1.54) is 13.3 Å². The molecule has 0 aliphatic carbocycles. The van der Waals surface area contributed by atoms with Crippen molar-refractivity contribution in [3.63, 3.8) is 0 Å². The van der Waals surface area contributed by atoms with Crippen molar-refractivity contribution in [3.05, 3.63) is 17.5 Å². The second-order valence-electron chi connectivity index (χ2n) is 4.17. The first-order chi connectivity index (χ1) is 8.13. The number of methoxy groups -OCH3 is 1. The quantitative estimate of drug-likeness (QED) is 0.753. The number of rotatable bonds is 2. The van der Waals surface area contributed by atoms with E-state index in [1.807, 2.05) is 0 Å². The van der Waals surface area contributed by atoms with E-state index in [0.29, 0.717) is 25.1 Å². The van der Waals surface area contributed by atoms with Crippen molar-refractivity contribution in [2.75, 3.05) is 20.2 Å². The van der Waals surface area contributed by atoms with Gasteiger partial charge in [0.1, 0.15) is 0 Å². The van der Waals surface area contributed by atoms with Crippen LogP contribution in [0.4, 0.5) is 0 Å². The maximum Gasteiger partial charge on any atom is 0.310 e. The van der Waals surface area contributed by atoms with E-state index >= 15 is 0 Å². The van der Waals surface area contributed by atoms with Gasteiger partial charge in [-0.2, -0.15) is 5.10 Å². The highest BCUT2D eigenvalue weighted by Gasteiger charge is 2.32. The average Bonchev–Trinajstić information content (AvgIpc) is 2.95. The van der Waals surface area contributed by atoms with Gasteiger partial charge in [0.2, 0.25) is 0 Å². The minimum absolute atomic E-state index is 0.0809. The van der Waals surface area contributed by atoms with Crippen molar-refractivity contribution in [1.29, 1.82) is 0 Å². The molecule has 17 heavy (non-hydrogen) atoms. The molecule has 1 aromatic heterocycles. The highest BCUT2D eigenvalue weighted by atomic mass is 16.5. The van der Waals surface area contributed by atoms with Crippen molar-refractivity contribution >= 4 is 11.9 Å². The molecule has 6 nitrogen and oxygen atoms in total. The van der Waals surface area contributed by atoms with Crippen LogP contribution in [0, 0.1) is 12.8 Å². The van der Waals surface area contributed by atoms with Crippen molar-refractivity contribution in [2.24, 2.45) is 5.92 Å². The van der Waals surface area contributed by atoms with E-state index < -0.39 is 0 Å². The van der Waals surface area contributed by atoms with Crippen molar-refractivity contribution < 1.29 is 14.3 Å². The number of aromatic amines is 1. The number of amides is 1.